The highest BCUT2D eigenvalue weighted by Crippen LogP contribution is 2.29. The topological polar surface area (TPSA) is 73.7 Å². The molecule has 1 N–H and O–H groups in total. The smallest absolute Gasteiger partial charge is 0.216 e. The van der Waals surface area contributed by atoms with E-state index in [1.165, 1.54) is 0 Å². The average molecular weight is 391 g/mol. The molecule has 146 valence electrons. The third-order valence-corrected chi connectivity index (χ3v) is 4.50. The lowest BCUT2D eigenvalue weighted by molar-refractivity contribution is 0.102. The molecule has 0 spiro atoms. The van der Waals surface area contributed by atoms with E-state index in [1.54, 1.807) is 10.9 Å². The van der Waals surface area contributed by atoms with E-state index in [1.807, 2.05) is 25.1 Å². The first kappa shape index (κ1) is 19.6. The molecule has 1 aromatic heterocycles. The highest BCUT2D eigenvalue weighted by atomic mass is 32.1. The van der Waals surface area contributed by atoms with Crippen molar-refractivity contribution in [1.82, 2.24) is 14.9 Å². The molecule has 8 heteroatoms. The molecule has 0 amide bonds. The summed E-state index contributed by atoms with van der Waals surface area (Å²) in [4.78, 5) is 0. The molecular weight excluding hydrogens is 364 g/mol. The Hall–Kier alpha value is -2.19. The minimum atomic E-state index is -0.0663. The number of H-pyrrole nitrogens is 1. The SMILES string of the molecule is CCCCOc1ccc(/C=N\n2c(C3CCCO3)n[nH]c2=S)cc1OCC. The molecule has 0 saturated carbocycles. The predicted molar refractivity (Wildman–Crippen MR) is 106 cm³/mol. The van der Waals surface area contributed by atoms with Crippen molar-refractivity contribution in [3.05, 3.63) is 34.4 Å². The monoisotopic (exact) mass is 390 g/mol. The minimum Gasteiger partial charge on any atom is -0.490 e. The van der Waals surface area contributed by atoms with Gasteiger partial charge in [-0.2, -0.15) is 14.9 Å². The Morgan fingerprint density at radius 1 is 1.37 bits per heavy atom. The van der Waals surface area contributed by atoms with E-state index in [2.05, 4.69) is 22.2 Å². The molecule has 1 aliphatic rings. The van der Waals surface area contributed by atoms with Crippen LogP contribution in [0.3, 0.4) is 0 Å². The van der Waals surface area contributed by atoms with Crippen molar-refractivity contribution < 1.29 is 14.2 Å². The van der Waals surface area contributed by atoms with Crippen LogP contribution in [0.1, 0.15) is 57.0 Å². The van der Waals surface area contributed by atoms with E-state index >= 15 is 0 Å². The Bertz CT molecular complexity index is 825. The van der Waals surface area contributed by atoms with Crippen LogP contribution in [0, 0.1) is 4.77 Å². The number of aromatic nitrogens is 3. The number of benzene rings is 1. The van der Waals surface area contributed by atoms with Crippen molar-refractivity contribution in [3.63, 3.8) is 0 Å². The van der Waals surface area contributed by atoms with Gasteiger partial charge in [-0.25, -0.2) is 0 Å². The van der Waals surface area contributed by atoms with Gasteiger partial charge in [-0.3, -0.25) is 5.10 Å². The summed E-state index contributed by atoms with van der Waals surface area (Å²) in [7, 11) is 0. The third kappa shape index (κ3) is 4.95. The molecule has 1 atom stereocenters. The Morgan fingerprint density at radius 3 is 3.00 bits per heavy atom. The van der Waals surface area contributed by atoms with Crippen LogP contribution in [0.5, 0.6) is 11.5 Å². The highest BCUT2D eigenvalue weighted by molar-refractivity contribution is 7.71. The standard InChI is InChI=1S/C19H26N4O3S/c1-3-5-10-25-15-9-8-14(12-17(15)24-4-2)13-20-23-18(21-22-19(23)27)16-7-6-11-26-16/h8-9,12-13,16H,3-7,10-11H2,1-2H3,(H,22,27)/b20-13-. The van der Waals surface area contributed by atoms with E-state index in [-0.39, 0.29) is 6.10 Å². The van der Waals surface area contributed by atoms with Crippen molar-refractivity contribution >= 4 is 18.4 Å². The van der Waals surface area contributed by atoms with Crippen molar-refractivity contribution in [3.8, 4) is 11.5 Å². The van der Waals surface area contributed by atoms with Gasteiger partial charge in [0.2, 0.25) is 4.77 Å². The first-order chi connectivity index (χ1) is 13.2. The number of hydrogen-bond donors (Lipinski definition) is 1. The molecule has 1 fully saturated rings. The van der Waals surface area contributed by atoms with Gasteiger partial charge >= 0.3 is 0 Å². The van der Waals surface area contributed by atoms with Crippen LogP contribution in [0.25, 0.3) is 0 Å². The van der Waals surface area contributed by atoms with Crippen molar-refractivity contribution in [2.75, 3.05) is 19.8 Å². The summed E-state index contributed by atoms with van der Waals surface area (Å²) in [5, 5.41) is 11.6. The lowest BCUT2D eigenvalue weighted by Crippen LogP contribution is -2.05. The second-order valence-corrected chi connectivity index (χ2v) is 6.67. The predicted octanol–water partition coefficient (Wildman–Crippen LogP) is 4.25. The van der Waals surface area contributed by atoms with Crippen molar-refractivity contribution in [2.45, 2.75) is 45.6 Å². The van der Waals surface area contributed by atoms with Crippen LogP contribution in [0.4, 0.5) is 0 Å². The largest absolute Gasteiger partial charge is 0.490 e. The number of rotatable bonds is 9. The zero-order valence-corrected chi connectivity index (χ0v) is 16.6. The number of hydrogen-bond acceptors (Lipinski definition) is 6. The number of unbranched alkanes of at least 4 members (excludes halogenated alkanes) is 1. The van der Waals surface area contributed by atoms with E-state index in [0.29, 0.717) is 29.6 Å². The summed E-state index contributed by atoms with van der Waals surface area (Å²) in [6.07, 6.45) is 5.72. The van der Waals surface area contributed by atoms with Crippen LogP contribution >= 0.6 is 12.2 Å². The van der Waals surface area contributed by atoms with Gasteiger partial charge in [0.15, 0.2) is 17.3 Å². The summed E-state index contributed by atoms with van der Waals surface area (Å²) in [6.45, 7) is 6.08. The molecular formula is C19H26N4O3S. The summed E-state index contributed by atoms with van der Waals surface area (Å²) < 4.78 is 19.3. The second kappa shape index (κ2) is 9.66. The molecule has 2 heterocycles. The molecule has 1 saturated heterocycles. The Morgan fingerprint density at radius 2 is 2.26 bits per heavy atom. The molecule has 0 bridgehead atoms. The molecule has 3 rings (SSSR count). The van der Waals surface area contributed by atoms with Gasteiger partial charge in [0.1, 0.15) is 6.10 Å². The van der Waals surface area contributed by atoms with Gasteiger partial charge in [0, 0.05) is 6.61 Å². The molecule has 0 aliphatic carbocycles. The van der Waals surface area contributed by atoms with E-state index in [4.69, 9.17) is 26.4 Å². The summed E-state index contributed by atoms with van der Waals surface area (Å²) in [5.41, 5.74) is 0.891. The Labute approximate surface area is 164 Å². The van der Waals surface area contributed by atoms with Gasteiger partial charge in [0.05, 0.1) is 19.4 Å². The van der Waals surface area contributed by atoms with Crippen molar-refractivity contribution in [2.24, 2.45) is 5.10 Å². The van der Waals surface area contributed by atoms with Crippen LogP contribution in [-0.4, -0.2) is 40.9 Å². The number of aromatic amines is 1. The number of nitrogens with zero attached hydrogens (tertiary/aromatic N) is 3. The molecule has 1 unspecified atom stereocenters. The first-order valence-electron chi connectivity index (χ1n) is 9.45. The fourth-order valence-electron chi connectivity index (χ4n) is 2.85. The zero-order valence-electron chi connectivity index (χ0n) is 15.8. The maximum Gasteiger partial charge on any atom is 0.216 e. The highest BCUT2D eigenvalue weighted by Gasteiger charge is 2.23. The number of nitrogens with one attached hydrogen (secondary N) is 1. The molecule has 1 aromatic carbocycles. The van der Waals surface area contributed by atoms with Gasteiger partial charge in [-0.1, -0.05) is 13.3 Å². The summed E-state index contributed by atoms with van der Waals surface area (Å²) in [5.74, 6) is 2.17. The van der Waals surface area contributed by atoms with Crippen LogP contribution < -0.4 is 9.47 Å². The summed E-state index contributed by atoms with van der Waals surface area (Å²) in [6, 6.07) is 5.78. The lowest BCUT2D eigenvalue weighted by Gasteiger charge is -2.12. The number of ether oxygens (including phenoxy) is 3. The Kier molecular flexibility index (Phi) is 7.00. The van der Waals surface area contributed by atoms with Gasteiger partial charge in [-0.15, -0.1) is 0 Å². The fraction of sp³-hybridized carbons (Fsp3) is 0.526. The molecule has 1 aliphatic heterocycles. The van der Waals surface area contributed by atoms with E-state index < -0.39 is 0 Å². The molecule has 2 aromatic rings. The third-order valence-electron chi connectivity index (χ3n) is 4.24. The molecule has 0 radical (unpaired) electrons. The average Bonchev–Trinajstić information content (AvgIpc) is 3.31. The van der Waals surface area contributed by atoms with E-state index in [0.717, 1.165) is 43.6 Å². The van der Waals surface area contributed by atoms with Gasteiger partial charge in [0.25, 0.3) is 0 Å². The van der Waals surface area contributed by atoms with Crippen LogP contribution in [0.2, 0.25) is 0 Å². The molecule has 27 heavy (non-hydrogen) atoms. The normalized spacial score (nSPS) is 16.9. The summed E-state index contributed by atoms with van der Waals surface area (Å²) >= 11 is 5.30. The molecule has 7 nitrogen and oxygen atoms in total. The van der Waals surface area contributed by atoms with E-state index in [9.17, 15) is 0 Å². The Balaban J connectivity index is 1.80. The van der Waals surface area contributed by atoms with Crippen LogP contribution in [0.15, 0.2) is 23.3 Å². The van der Waals surface area contributed by atoms with Crippen LogP contribution in [-0.2, 0) is 4.74 Å². The van der Waals surface area contributed by atoms with Gasteiger partial charge < -0.3 is 14.2 Å². The second-order valence-electron chi connectivity index (χ2n) is 6.29. The first-order valence-corrected chi connectivity index (χ1v) is 9.86. The maximum absolute atomic E-state index is 5.82. The quantitative estimate of drug-likeness (QED) is 0.394. The van der Waals surface area contributed by atoms with Crippen molar-refractivity contribution in [1.29, 1.82) is 0 Å². The lowest BCUT2D eigenvalue weighted by atomic mass is 10.2. The minimum absolute atomic E-state index is 0.0663. The van der Waals surface area contributed by atoms with Gasteiger partial charge in [-0.05, 0) is 62.2 Å². The zero-order chi connectivity index (χ0) is 19.1. The fourth-order valence-corrected chi connectivity index (χ4v) is 3.03. The maximum atomic E-state index is 5.82.